The molecule has 1 fully saturated rings. The van der Waals surface area contributed by atoms with Gasteiger partial charge in [0.05, 0.1) is 12.7 Å². The Hall–Kier alpha value is -2.53. The lowest BCUT2D eigenvalue weighted by Crippen LogP contribution is -2.45. The minimum absolute atomic E-state index is 0.0363. The molecule has 24 heavy (non-hydrogen) atoms. The molecule has 124 valence electrons. The molecule has 0 saturated carbocycles. The maximum Gasteiger partial charge on any atom is 0.246 e. The van der Waals surface area contributed by atoms with Gasteiger partial charge in [-0.2, -0.15) is 0 Å². The number of amides is 1. The fraction of sp³-hybridized carbons (Fsp3) is 0.316. The summed E-state index contributed by atoms with van der Waals surface area (Å²) in [4.78, 5) is 22.3. The maximum atomic E-state index is 12.4. The molecule has 1 amide bonds. The molecule has 5 nitrogen and oxygen atoms in total. The number of hydrogen-bond donors (Lipinski definition) is 0. The number of aromatic nitrogens is 2. The van der Waals surface area contributed by atoms with E-state index in [9.17, 15) is 4.79 Å². The summed E-state index contributed by atoms with van der Waals surface area (Å²) in [6, 6.07) is 11.8. The van der Waals surface area contributed by atoms with E-state index in [0.29, 0.717) is 19.7 Å². The molecular formula is C19H21N3O2. The summed E-state index contributed by atoms with van der Waals surface area (Å²) in [6.07, 6.45) is 8.53. The van der Waals surface area contributed by atoms with Gasteiger partial charge in [-0.05, 0) is 30.5 Å². The molecule has 1 atom stereocenters. The van der Waals surface area contributed by atoms with Crippen LogP contribution in [0.2, 0.25) is 0 Å². The van der Waals surface area contributed by atoms with Crippen LogP contribution in [0.15, 0.2) is 55.0 Å². The highest BCUT2D eigenvalue weighted by molar-refractivity contribution is 5.91. The Morgan fingerprint density at radius 1 is 1.29 bits per heavy atom. The van der Waals surface area contributed by atoms with Crippen molar-refractivity contribution in [2.24, 2.45) is 0 Å². The van der Waals surface area contributed by atoms with Crippen LogP contribution in [0.5, 0.6) is 0 Å². The molecule has 5 heteroatoms. The van der Waals surface area contributed by atoms with E-state index in [1.54, 1.807) is 18.6 Å². The zero-order valence-corrected chi connectivity index (χ0v) is 13.5. The monoisotopic (exact) mass is 323 g/mol. The molecule has 3 rings (SSSR count). The van der Waals surface area contributed by atoms with Crippen molar-refractivity contribution in [2.45, 2.75) is 18.9 Å². The minimum Gasteiger partial charge on any atom is -0.375 e. The molecule has 0 radical (unpaired) electrons. The number of nitrogens with zero attached hydrogens (tertiary/aromatic N) is 3. The Morgan fingerprint density at radius 2 is 2.17 bits per heavy atom. The summed E-state index contributed by atoms with van der Waals surface area (Å²) in [5.74, 6) is 0.0363. The van der Waals surface area contributed by atoms with Crippen molar-refractivity contribution < 1.29 is 9.53 Å². The second kappa shape index (κ2) is 8.36. The van der Waals surface area contributed by atoms with E-state index in [1.807, 2.05) is 47.4 Å². The van der Waals surface area contributed by atoms with Crippen LogP contribution < -0.4 is 0 Å². The number of ether oxygens (including phenoxy) is 1. The topological polar surface area (TPSA) is 55.3 Å². The Morgan fingerprint density at radius 3 is 2.96 bits per heavy atom. The number of benzene rings is 1. The summed E-state index contributed by atoms with van der Waals surface area (Å²) in [6.45, 7) is 1.85. The maximum absolute atomic E-state index is 12.4. The molecule has 1 unspecified atom stereocenters. The number of rotatable bonds is 5. The molecule has 1 aliphatic heterocycles. The number of carbonyl (C=O) groups is 1. The first kappa shape index (κ1) is 16.3. The first-order valence-electron chi connectivity index (χ1n) is 8.20. The van der Waals surface area contributed by atoms with Gasteiger partial charge in [0.1, 0.15) is 6.33 Å². The predicted molar refractivity (Wildman–Crippen MR) is 92.1 cm³/mol. The molecule has 1 aromatic heterocycles. The summed E-state index contributed by atoms with van der Waals surface area (Å²) >= 11 is 0. The summed E-state index contributed by atoms with van der Waals surface area (Å²) in [5.41, 5.74) is 2.03. The molecular weight excluding hydrogens is 302 g/mol. The van der Waals surface area contributed by atoms with Crippen LogP contribution in [0, 0.1) is 0 Å². The third kappa shape index (κ3) is 4.73. The zero-order valence-electron chi connectivity index (χ0n) is 13.5. The lowest BCUT2D eigenvalue weighted by atomic mass is 10.1. The lowest BCUT2D eigenvalue weighted by Gasteiger charge is -2.32. The largest absolute Gasteiger partial charge is 0.375 e. The molecule has 0 spiro atoms. The van der Waals surface area contributed by atoms with E-state index >= 15 is 0 Å². The lowest BCUT2D eigenvalue weighted by molar-refractivity contribution is -0.133. The smallest absolute Gasteiger partial charge is 0.246 e. The molecule has 1 aliphatic rings. The van der Waals surface area contributed by atoms with Gasteiger partial charge in [-0.15, -0.1) is 0 Å². The molecule has 2 heterocycles. The molecule has 0 N–H and O–H groups in total. The van der Waals surface area contributed by atoms with Crippen molar-refractivity contribution in [1.29, 1.82) is 0 Å². The van der Waals surface area contributed by atoms with E-state index < -0.39 is 0 Å². The van der Waals surface area contributed by atoms with Gasteiger partial charge in [0.2, 0.25) is 5.91 Å². The highest BCUT2D eigenvalue weighted by Crippen LogP contribution is 2.12. The highest BCUT2D eigenvalue weighted by Gasteiger charge is 2.22. The quantitative estimate of drug-likeness (QED) is 0.793. The fourth-order valence-electron chi connectivity index (χ4n) is 2.71. The van der Waals surface area contributed by atoms with Crippen molar-refractivity contribution in [1.82, 2.24) is 14.9 Å². The van der Waals surface area contributed by atoms with Gasteiger partial charge in [0.15, 0.2) is 0 Å². The fourth-order valence-corrected chi connectivity index (χ4v) is 2.71. The number of morpholine rings is 1. The molecule has 1 saturated heterocycles. The summed E-state index contributed by atoms with van der Waals surface area (Å²) < 4.78 is 5.78. The predicted octanol–water partition coefficient (Wildman–Crippen LogP) is 2.35. The highest BCUT2D eigenvalue weighted by atomic mass is 16.5. The standard InChI is InChI=1S/C19H21N3O2/c23-19(9-6-16-4-2-1-3-5-16)22-12-13-24-18(14-22)8-7-17-10-11-20-15-21-17/h1-6,9-11,15,18H,7-8,12-14H2/b9-6+. The van der Waals surface area contributed by atoms with Gasteiger partial charge < -0.3 is 9.64 Å². The molecule has 2 aromatic rings. The summed E-state index contributed by atoms with van der Waals surface area (Å²) in [5, 5.41) is 0. The van der Waals surface area contributed by atoms with Gasteiger partial charge >= 0.3 is 0 Å². The van der Waals surface area contributed by atoms with E-state index in [-0.39, 0.29) is 12.0 Å². The van der Waals surface area contributed by atoms with Crippen molar-refractivity contribution in [2.75, 3.05) is 19.7 Å². The average molecular weight is 323 g/mol. The summed E-state index contributed by atoms with van der Waals surface area (Å²) in [7, 11) is 0. The zero-order chi connectivity index (χ0) is 16.6. The molecule has 0 bridgehead atoms. The van der Waals surface area contributed by atoms with E-state index in [4.69, 9.17) is 4.74 Å². The van der Waals surface area contributed by atoms with Crippen LogP contribution in [-0.2, 0) is 16.0 Å². The van der Waals surface area contributed by atoms with Gasteiger partial charge in [-0.3, -0.25) is 4.79 Å². The van der Waals surface area contributed by atoms with Crippen LogP contribution >= 0.6 is 0 Å². The average Bonchev–Trinajstić information content (AvgIpc) is 2.66. The Kier molecular flexibility index (Phi) is 5.69. The van der Waals surface area contributed by atoms with Crippen molar-refractivity contribution in [3.8, 4) is 0 Å². The Balaban J connectivity index is 1.51. The third-order valence-corrected chi connectivity index (χ3v) is 4.03. The third-order valence-electron chi connectivity index (χ3n) is 4.03. The van der Waals surface area contributed by atoms with E-state index in [2.05, 4.69) is 9.97 Å². The van der Waals surface area contributed by atoms with Gasteiger partial charge in [0, 0.05) is 31.1 Å². The second-order valence-corrected chi connectivity index (χ2v) is 5.76. The first-order chi connectivity index (χ1) is 11.8. The van der Waals surface area contributed by atoms with Gasteiger partial charge in [-0.1, -0.05) is 30.3 Å². The molecule has 0 aliphatic carbocycles. The van der Waals surface area contributed by atoms with Crippen LogP contribution in [0.3, 0.4) is 0 Å². The Labute approximate surface area is 142 Å². The van der Waals surface area contributed by atoms with E-state index in [0.717, 1.165) is 24.1 Å². The van der Waals surface area contributed by atoms with Crippen molar-refractivity contribution in [3.05, 3.63) is 66.3 Å². The normalized spacial score (nSPS) is 18.0. The number of aryl methyl sites for hydroxylation is 1. The Bertz CT molecular complexity index is 674. The molecule has 1 aromatic carbocycles. The van der Waals surface area contributed by atoms with Crippen LogP contribution in [0.4, 0.5) is 0 Å². The van der Waals surface area contributed by atoms with E-state index in [1.165, 1.54) is 0 Å². The van der Waals surface area contributed by atoms with Crippen LogP contribution in [-0.4, -0.2) is 46.6 Å². The number of carbonyl (C=O) groups excluding carboxylic acids is 1. The second-order valence-electron chi connectivity index (χ2n) is 5.76. The van der Waals surface area contributed by atoms with Gasteiger partial charge in [-0.25, -0.2) is 9.97 Å². The number of hydrogen-bond acceptors (Lipinski definition) is 4. The van der Waals surface area contributed by atoms with Crippen LogP contribution in [0.1, 0.15) is 17.7 Å². The SMILES string of the molecule is O=C(/C=C/c1ccccc1)N1CCOC(CCc2ccncn2)C1. The minimum atomic E-state index is 0.0363. The van der Waals surface area contributed by atoms with Crippen LogP contribution in [0.25, 0.3) is 6.08 Å². The van der Waals surface area contributed by atoms with Crippen molar-refractivity contribution >= 4 is 12.0 Å². The van der Waals surface area contributed by atoms with Gasteiger partial charge in [0.25, 0.3) is 0 Å². The first-order valence-corrected chi connectivity index (χ1v) is 8.20. The van der Waals surface area contributed by atoms with Crippen molar-refractivity contribution in [3.63, 3.8) is 0 Å².